The molecule has 1 aliphatic heterocycles. The van der Waals surface area contributed by atoms with Crippen molar-refractivity contribution in [3.8, 4) is 11.1 Å². The molecule has 140 valence electrons. The Hall–Kier alpha value is -3.45. The maximum Gasteiger partial charge on any atom is 0.255 e. The van der Waals surface area contributed by atoms with Crippen LogP contribution in [0.5, 0.6) is 0 Å². The first-order valence-corrected chi connectivity index (χ1v) is 9.20. The lowest BCUT2D eigenvalue weighted by Crippen LogP contribution is -2.40. The van der Waals surface area contributed by atoms with E-state index in [-0.39, 0.29) is 5.91 Å². The number of pyridine rings is 1. The second-order valence-electron chi connectivity index (χ2n) is 6.89. The molecule has 0 atom stereocenters. The highest BCUT2D eigenvalue weighted by Gasteiger charge is 2.19. The van der Waals surface area contributed by atoms with Crippen molar-refractivity contribution in [2.75, 3.05) is 32.0 Å². The molecule has 0 bridgehead atoms. The third kappa shape index (κ3) is 2.95. The topological polar surface area (TPSA) is 97.1 Å². The van der Waals surface area contributed by atoms with Crippen LogP contribution in [0.3, 0.4) is 0 Å². The molecule has 0 unspecified atom stereocenters. The Labute approximate surface area is 161 Å². The number of fused-ring (bicyclic) bond motifs is 2. The summed E-state index contributed by atoms with van der Waals surface area (Å²) in [5.74, 6) is 0.401. The third-order valence-corrected chi connectivity index (χ3v) is 5.06. The predicted octanol–water partition coefficient (Wildman–Crippen LogP) is 2.83. The van der Waals surface area contributed by atoms with E-state index < -0.39 is 0 Å². The number of amides is 1. The number of ether oxygens (including phenoxy) is 1. The van der Waals surface area contributed by atoms with E-state index in [1.54, 1.807) is 6.20 Å². The minimum absolute atomic E-state index is 0.00235. The lowest BCUT2D eigenvalue weighted by Gasteiger charge is -2.26. The van der Waals surface area contributed by atoms with E-state index in [0.717, 1.165) is 33.1 Å². The fraction of sp³-hybridized carbons (Fsp3) is 0.190. The van der Waals surface area contributed by atoms with E-state index in [2.05, 4.69) is 21.0 Å². The van der Waals surface area contributed by atoms with Gasteiger partial charge in [-0.1, -0.05) is 12.1 Å². The van der Waals surface area contributed by atoms with E-state index >= 15 is 0 Å². The summed E-state index contributed by atoms with van der Waals surface area (Å²) in [6.07, 6.45) is 1.65. The van der Waals surface area contributed by atoms with Gasteiger partial charge in [0.2, 0.25) is 0 Å². The summed E-state index contributed by atoms with van der Waals surface area (Å²) in [5.41, 5.74) is 11.0. The van der Waals surface area contributed by atoms with Gasteiger partial charge in [0.05, 0.1) is 35.3 Å². The minimum atomic E-state index is -0.00235. The molecule has 0 aliphatic carbocycles. The molecule has 3 N–H and O–H groups in total. The van der Waals surface area contributed by atoms with Crippen LogP contribution in [0.25, 0.3) is 33.1 Å². The van der Waals surface area contributed by atoms with Crippen molar-refractivity contribution in [1.29, 1.82) is 0 Å². The quantitative estimate of drug-likeness (QED) is 0.563. The fourth-order valence-corrected chi connectivity index (χ4v) is 3.59. The summed E-state index contributed by atoms with van der Waals surface area (Å²) >= 11 is 0. The van der Waals surface area contributed by atoms with Crippen LogP contribution in [0.2, 0.25) is 0 Å². The van der Waals surface area contributed by atoms with Gasteiger partial charge in [-0.25, -0.2) is 4.98 Å². The van der Waals surface area contributed by atoms with Crippen molar-refractivity contribution in [2.24, 2.45) is 0 Å². The Morgan fingerprint density at radius 3 is 2.61 bits per heavy atom. The Kier molecular flexibility index (Phi) is 3.95. The zero-order chi connectivity index (χ0) is 19.1. The summed E-state index contributed by atoms with van der Waals surface area (Å²) < 4.78 is 5.33. The first-order chi connectivity index (χ1) is 13.7. The third-order valence-electron chi connectivity index (χ3n) is 5.06. The van der Waals surface area contributed by atoms with Crippen LogP contribution in [0.4, 0.5) is 5.95 Å². The van der Waals surface area contributed by atoms with Gasteiger partial charge in [-0.2, -0.15) is 0 Å². The molecule has 1 saturated heterocycles. The minimum Gasteiger partial charge on any atom is -0.378 e. The molecule has 2 aromatic carbocycles. The SMILES string of the molecule is Nc1nc2ccc(-c3ccc4ncc(C(=O)N5CCOCC5)cc4c3)cc2[nH]1. The molecule has 2 aromatic heterocycles. The van der Waals surface area contributed by atoms with Gasteiger partial charge >= 0.3 is 0 Å². The second-order valence-corrected chi connectivity index (χ2v) is 6.89. The number of hydrogen-bond donors (Lipinski definition) is 2. The molecule has 7 nitrogen and oxygen atoms in total. The van der Waals surface area contributed by atoms with Gasteiger partial charge < -0.3 is 20.4 Å². The monoisotopic (exact) mass is 373 g/mol. The number of nitrogens with two attached hydrogens (primary N) is 1. The van der Waals surface area contributed by atoms with Gasteiger partial charge in [-0.05, 0) is 41.5 Å². The van der Waals surface area contributed by atoms with Crippen LogP contribution in [0.15, 0.2) is 48.7 Å². The Morgan fingerprint density at radius 1 is 1.04 bits per heavy atom. The molecule has 7 heteroatoms. The molecular formula is C21H19N5O2. The average molecular weight is 373 g/mol. The lowest BCUT2D eigenvalue weighted by molar-refractivity contribution is 0.0303. The largest absolute Gasteiger partial charge is 0.378 e. The van der Waals surface area contributed by atoms with Crippen molar-refractivity contribution in [2.45, 2.75) is 0 Å². The molecule has 0 radical (unpaired) electrons. The molecule has 1 aliphatic rings. The average Bonchev–Trinajstić information content (AvgIpc) is 3.12. The summed E-state index contributed by atoms with van der Waals surface area (Å²) in [4.78, 5) is 26.3. The number of benzene rings is 2. The molecule has 4 aromatic rings. The Morgan fingerprint density at radius 2 is 1.79 bits per heavy atom. The standard InChI is InChI=1S/C21H19N5O2/c22-21-24-18-4-2-14(11-19(18)25-21)13-1-3-17-15(9-13)10-16(12-23-17)20(27)26-5-7-28-8-6-26/h1-4,9-12H,5-8H2,(H3,22,24,25). The number of hydrogen-bond acceptors (Lipinski definition) is 5. The van der Waals surface area contributed by atoms with E-state index in [4.69, 9.17) is 10.5 Å². The normalized spacial score (nSPS) is 14.6. The number of nitrogens with one attached hydrogen (secondary N) is 1. The molecule has 1 amide bonds. The maximum absolute atomic E-state index is 12.8. The highest BCUT2D eigenvalue weighted by molar-refractivity contribution is 5.98. The van der Waals surface area contributed by atoms with Crippen molar-refractivity contribution in [3.63, 3.8) is 0 Å². The smallest absolute Gasteiger partial charge is 0.255 e. The van der Waals surface area contributed by atoms with Crippen molar-refractivity contribution in [1.82, 2.24) is 19.9 Å². The predicted molar refractivity (Wildman–Crippen MR) is 108 cm³/mol. The van der Waals surface area contributed by atoms with Crippen LogP contribution in [-0.4, -0.2) is 52.1 Å². The van der Waals surface area contributed by atoms with Crippen LogP contribution < -0.4 is 5.73 Å². The van der Waals surface area contributed by atoms with E-state index in [9.17, 15) is 4.79 Å². The van der Waals surface area contributed by atoms with Gasteiger partial charge in [-0.3, -0.25) is 9.78 Å². The first-order valence-electron chi connectivity index (χ1n) is 9.20. The second kappa shape index (κ2) is 6.61. The number of carbonyl (C=O) groups is 1. The number of aromatic nitrogens is 3. The van der Waals surface area contributed by atoms with Gasteiger partial charge in [0.25, 0.3) is 5.91 Å². The highest BCUT2D eigenvalue weighted by Crippen LogP contribution is 2.27. The zero-order valence-corrected chi connectivity index (χ0v) is 15.2. The molecule has 0 saturated carbocycles. The van der Waals surface area contributed by atoms with Crippen LogP contribution in [0.1, 0.15) is 10.4 Å². The van der Waals surface area contributed by atoms with Crippen LogP contribution in [-0.2, 0) is 4.74 Å². The Balaban J connectivity index is 1.52. The summed E-state index contributed by atoms with van der Waals surface area (Å²) in [6.45, 7) is 2.39. The summed E-state index contributed by atoms with van der Waals surface area (Å²) in [7, 11) is 0. The number of carbonyl (C=O) groups excluding carboxylic acids is 1. The molecule has 0 spiro atoms. The van der Waals surface area contributed by atoms with E-state index in [1.807, 2.05) is 41.3 Å². The highest BCUT2D eigenvalue weighted by atomic mass is 16.5. The maximum atomic E-state index is 12.8. The van der Waals surface area contributed by atoms with Gasteiger partial charge in [-0.15, -0.1) is 0 Å². The van der Waals surface area contributed by atoms with Crippen molar-refractivity contribution < 1.29 is 9.53 Å². The van der Waals surface area contributed by atoms with Crippen LogP contribution >= 0.6 is 0 Å². The Bertz CT molecular complexity index is 1190. The van der Waals surface area contributed by atoms with Crippen LogP contribution in [0, 0.1) is 0 Å². The van der Waals surface area contributed by atoms with Crippen molar-refractivity contribution >= 4 is 33.8 Å². The first kappa shape index (κ1) is 16.7. The van der Waals surface area contributed by atoms with Gasteiger partial charge in [0, 0.05) is 24.7 Å². The lowest BCUT2D eigenvalue weighted by atomic mass is 10.0. The number of nitrogen functional groups attached to an aromatic ring is 1. The molecular weight excluding hydrogens is 354 g/mol. The molecule has 3 heterocycles. The number of aromatic amines is 1. The fourth-order valence-electron chi connectivity index (χ4n) is 3.59. The summed E-state index contributed by atoms with van der Waals surface area (Å²) in [5, 5.41) is 0.931. The number of nitrogens with zero attached hydrogens (tertiary/aromatic N) is 3. The number of rotatable bonds is 2. The molecule has 5 rings (SSSR count). The molecule has 1 fully saturated rings. The van der Waals surface area contributed by atoms with Gasteiger partial charge in [0.15, 0.2) is 5.95 Å². The van der Waals surface area contributed by atoms with Gasteiger partial charge in [0.1, 0.15) is 0 Å². The van der Waals surface area contributed by atoms with Crippen molar-refractivity contribution in [3.05, 3.63) is 54.2 Å². The number of anilines is 1. The number of imidazole rings is 1. The van der Waals surface area contributed by atoms with E-state index in [0.29, 0.717) is 37.8 Å². The summed E-state index contributed by atoms with van der Waals surface area (Å²) in [6, 6.07) is 13.9. The molecule has 28 heavy (non-hydrogen) atoms. The van der Waals surface area contributed by atoms with E-state index in [1.165, 1.54) is 0 Å². The zero-order valence-electron chi connectivity index (χ0n) is 15.2. The number of morpholine rings is 1. The number of H-pyrrole nitrogens is 1.